The molecule has 0 spiro atoms. The maximum atomic E-state index is 12.0. The number of fused-ring (bicyclic) bond motifs is 8. The highest BCUT2D eigenvalue weighted by molar-refractivity contribution is 5.98. The van der Waals surface area contributed by atoms with Crippen LogP contribution in [0, 0.1) is 17.3 Å². The molecule has 11 rings (SSSR count). The molecule has 6 aliphatic carbocycles. The Kier molecular flexibility index (Phi) is 7.90. The van der Waals surface area contributed by atoms with Crippen molar-refractivity contribution in [2.75, 3.05) is 4.90 Å². The molecule has 0 heterocycles. The van der Waals surface area contributed by atoms with E-state index >= 15 is 0 Å². The number of rotatable bonds is 5. The molecule has 5 aromatic carbocycles. The van der Waals surface area contributed by atoms with Gasteiger partial charge in [0.25, 0.3) is 0 Å². The molecule has 0 bridgehead atoms. The summed E-state index contributed by atoms with van der Waals surface area (Å²) >= 11 is 0. The van der Waals surface area contributed by atoms with E-state index in [1.54, 1.807) is 11.1 Å². The van der Waals surface area contributed by atoms with E-state index in [9.17, 15) is 5.11 Å². The molecule has 5 atom stereocenters. The Balaban J connectivity index is 0.936. The highest BCUT2D eigenvalue weighted by Gasteiger charge is 2.48. The van der Waals surface area contributed by atoms with Crippen molar-refractivity contribution in [3.63, 3.8) is 0 Å². The van der Waals surface area contributed by atoms with Gasteiger partial charge in [0.15, 0.2) is 0 Å². The predicted molar refractivity (Wildman–Crippen MR) is 234 cm³/mol. The molecule has 5 aromatic rings. The van der Waals surface area contributed by atoms with Gasteiger partial charge in [-0.3, -0.25) is 0 Å². The first kappa shape index (κ1) is 33.9. The second-order valence-corrected chi connectivity index (χ2v) is 17.4. The van der Waals surface area contributed by atoms with Gasteiger partial charge >= 0.3 is 0 Å². The SMILES string of the molecule is CC1(C)C2=C(C=CC(N(c3cccc4c3C(O)c3ccccc3-4)C3C=CC(c4ccc(-c5cc6c(c7ccccc57)=CCCC=6)cc4)=CC3)C2)C2CCC=CC21. The van der Waals surface area contributed by atoms with Crippen LogP contribution in [0.3, 0.4) is 0 Å². The van der Waals surface area contributed by atoms with Gasteiger partial charge in [-0.2, -0.15) is 0 Å². The third kappa shape index (κ3) is 5.18. The highest BCUT2D eigenvalue weighted by Crippen LogP contribution is 2.58. The van der Waals surface area contributed by atoms with Crippen LogP contribution in [0.1, 0.15) is 75.2 Å². The molecule has 2 nitrogen and oxygen atoms in total. The Hall–Kier alpha value is -5.44. The van der Waals surface area contributed by atoms with Gasteiger partial charge in [0.1, 0.15) is 6.10 Å². The zero-order valence-electron chi connectivity index (χ0n) is 32.5. The normalized spacial score (nSPS) is 25.1. The molecule has 6 aliphatic rings. The van der Waals surface area contributed by atoms with Crippen molar-refractivity contribution in [1.82, 2.24) is 0 Å². The number of benzene rings is 5. The summed E-state index contributed by atoms with van der Waals surface area (Å²) in [4.78, 5) is 2.66. The summed E-state index contributed by atoms with van der Waals surface area (Å²) in [5, 5.41) is 17.4. The minimum atomic E-state index is -0.640. The van der Waals surface area contributed by atoms with Crippen molar-refractivity contribution >= 4 is 34.2 Å². The maximum absolute atomic E-state index is 12.0. The molecule has 0 saturated carbocycles. The quantitative estimate of drug-likeness (QED) is 0.182. The molecular weight excluding hydrogens is 679 g/mol. The average Bonchev–Trinajstić information content (AvgIpc) is 3.67. The molecule has 5 unspecified atom stereocenters. The van der Waals surface area contributed by atoms with Gasteiger partial charge in [-0.05, 0) is 134 Å². The van der Waals surface area contributed by atoms with E-state index in [0.29, 0.717) is 11.8 Å². The van der Waals surface area contributed by atoms with E-state index in [-0.39, 0.29) is 17.5 Å². The van der Waals surface area contributed by atoms with Gasteiger partial charge in [0.05, 0.1) is 12.1 Å². The molecule has 276 valence electrons. The highest BCUT2D eigenvalue weighted by atomic mass is 16.3. The Morgan fingerprint density at radius 1 is 0.679 bits per heavy atom. The molecule has 0 radical (unpaired) electrons. The van der Waals surface area contributed by atoms with Gasteiger partial charge in [0.2, 0.25) is 0 Å². The molecule has 0 aromatic heterocycles. The number of nitrogens with zero attached hydrogens (tertiary/aromatic N) is 1. The summed E-state index contributed by atoms with van der Waals surface area (Å²) in [6.07, 6.45) is 27.9. The minimum Gasteiger partial charge on any atom is -0.384 e. The van der Waals surface area contributed by atoms with Crippen molar-refractivity contribution in [1.29, 1.82) is 0 Å². The van der Waals surface area contributed by atoms with Crippen molar-refractivity contribution in [3.05, 3.63) is 178 Å². The second-order valence-electron chi connectivity index (χ2n) is 17.4. The first-order valence-electron chi connectivity index (χ1n) is 20.9. The largest absolute Gasteiger partial charge is 0.384 e. The molecule has 56 heavy (non-hydrogen) atoms. The summed E-state index contributed by atoms with van der Waals surface area (Å²) in [6, 6.07) is 35.9. The lowest BCUT2D eigenvalue weighted by atomic mass is 9.71. The van der Waals surface area contributed by atoms with E-state index in [0.717, 1.165) is 53.6 Å². The molecular formula is C54H49NO. The molecule has 0 aliphatic heterocycles. The van der Waals surface area contributed by atoms with Crippen LogP contribution < -0.4 is 15.3 Å². The summed E-state index contributed by atoms with van der Waals surface area (Å²) in [5.74, 6) is 1.20. The third-order valence-corrected chi connectivity index (χ3v) is 14.2. The van der Waals surface area contributed by atoms with E-state index < -0.39 is 6.10 Å². The first-order valence-corrected chi connectivity index (χ1v) is 20.9. The Bertz CT molecular complexity index is 2720. The lowest BCUT2D eigenvalue weighted by Crippen LogP contribution is -2.44. The molecule has 2 heteroatoms. The van der Waals surface area contributed by atoms with Crippen molar-refractivity contribution in [2.45, 2.75) is 70.6 Å². The summed E-state index contributed by atoms with van der Waals surface area (Å²) in [6.45, 7) is 4.96. The average molecular weight is 728 g/mol. The number of allylic oxidation sites excluding steroid dienone is 6. The van der Waals surface area contributed by atoms with Gasteiger partial charge in [0, 0.05) is 11.3 Å². The molecule has 0 saturated heterocycles. The van der Waals surface area contributed by atoms with Crippen LogP contribution in [0.4, 0.5) is 5.69 Å². The fraction of sp³-hybridized carbons (Fsp3) is 0.259. The number of hydrogen-bond acceptors (Lipinski definition) is 2. The van der Waals surface area contributed by atoms with Crippen LogP contribution in [-0.4, -0.2) is 17.2 Å². The Labute approximate surface area is 330 Å². The van der Waals surface area contributed by atoms with Crippen molar-refractivity contribution < 1.29 is 5.11 Å². The van der Waals surface area contributed by atoms with E-state index in [2.05, 4.69) is 170 Å². The van der Waals surface area contributed by atoms with Crippen molar-refractivity contribution in [2.24, 2.45) is 17.3 Å². The number of aliphatic hydroxyl groups is 1. The number of hydrogen-bond donors (Lipinski definition) is 1. The van der Waals surface area contributed by atoms with Gasteiger partial charge in [-0.25, -0.2) is 0 Å². The van der Waals surface area contributed by atoms with Gasteiger partial charge in [-0.15, -0.1) is 0 Å². The standard InChI is InChI=1S/C54H49NO/c1-54(2)49-20-10-9-17-44(49)45-31-30-39(33-50(45)54)55(51-21-11-19-46-43-16-7-8-18-47(43)53(56)52(46)51)38-28-26-35(27-29-38)34-22-24-36(25-23-34)48-32-37-12-3-4-13-40(37)41-14-5-6-15-42(41)48/h5-8,10-16,18-28,30-32,38-39,44,49,53,56H,3-4,9,17,29,33H2,1-2H3. The lowest BCUT2D eigenvalue weighted by molar-refractivity contribution is 0.225. The van der Waals surface area contributed by atoms with E-state index in [1.165, 1.54) is 56.3 Å². The fourth-order valence-corrected chi connectivity index (χ4v) is 11.4. The van der Waals surface area contributed by atoms with E-state index in [1.807, 2.05) is 0 Å². The molecule has 0 fully saturated rings. The minimum absolute atomic E-state index is 0.129. The number of anilines is 1. The number of aliphatic hydroxyl groups excluding tert-OH is 1. The van der Waals surface area contributed by atoms with Crippen LogP contribution in [0.25, 0.3) is 50.8 Å². The van der Waals surface area contributed by atoms with Gasteiger partial charge in [-0.1, -0.05) is 159 Å². The van der Waals surface area contributed by atoms with Crippen molar-refractivity contribution in [3.8, 4) is 22.3 Å². The monoisotopic (exact) mass is 727 g/mol. The van der Waals surface area contributed by atoms with Crippen LogP contribution in [0.15, 0.2) is 151 Å². The maximum Gasteiger partial charge on any atom is 0.107 e. The lowest BCUT2D eigenvalue weighted by Gasteiger charge is -2.42. The predicted octanol–water partition coefficient (Wildman–Crippen LogP) is 11.4. The Morgan fingerprint density at radius 3 is 2.30 bits per heavy atom. The second kappa shape index (κ2) is 13.1. The van der Waals surface area contributed by atoms with Crippen LogP contribution in [-0.2, 0) is 0 Å². The van der Waals surface area contributed by atoms with E-state index in [4.69, 9.17) is 0 Å². The summed E-state index contributed by atoms with van der Waals surface area (Å²) < 4.78 is 0. The van der Waals surface area contributed by atoms with Crippen LogP contribution >= 0.6 is 0 Å². The summed E-state index contributed by atoms with van der Waals surface area (Å²) in [7, 11) is 0. The molecule has 1 N–H and O–H groups in total. The summed E-state index contributed by atoms with van der Waals surface area (Å²) in [5.41, 5.74) is 14.0. The van der Waals surface area contributed by atoms with Gasteiger partial charge < -0.3 is 10.0 Å². The fourth-order valence-electron chi connectivity index (χ4n) is 11.4. The smallest absolute Gasteiger partial charge is 0.107 e. The zero-order valence-corrected chi connectivity index (χ0v) is 32.5. The third-order valence-electron chi connectivity index (χ3n) is 14.2. The topological polar surface area (TPSA) is 23.5 Å². The van der Waals surface area contributed by atoms with Crippen LogP contribution in [0.2, 0.25) is 0 Å². The zero-order chi connectivity index (χ0) is 37.5. The first-order chi connectivity index (χ1) is 27.5. The van der Waals surface area contributed by atoms with Crippen LogP contribution in [0.5, 0.6) is 0 Å². The Morgan fingerprint density at radius 2 is 1.45 bits per heavy atom. The molecule has 0 amide bonds.